The van der Waals surface area contributed by atoms with E-state index >= 15 is 0 Å². The third-order valence-corrected chi connectivity index (χ3v) is 1.48. The molecule has 2 N–H and O–H groups in total. The first kappa shape index (κ1) is 7.41. The molecule has 0 aromatic heterocycles. The van der Waals surface area contributed by atoms with Crippen molar-refractivity contribution in [3.05, 3.63) is 12.4 Å². The van der Waals surface area contributed by atoms with E-state index in [9.17, 15) is 0 Å². The molecular formula is C7H15N3. The highest BCUT2D eigenvalue weighted by Crippen LogP contribution is 1.90. The van der Waals surface area contributed by atoms with Crippen LogP contribution in [0.25, 0.3) is 0 Å². The van der Waals surface area contributed by atoms with Crippen molar-refractivity contribution in [1.29, 1.82) is 0 Å². The summed E-state index contributed by atoms with van der Waals surface area (Å²) >= 11 is 0. The van der Waals surface area contributed by atoms with Gasteiger partial charge in [-0.05, 0) is 6.42 Å². The van der Waals surface area contributed by atoms with Crippen LogP contribution >= 0.6 is 0 Å². The lowest BCUT2D eigenvalue weighted by Crippen LogP contribution is -2.35. The van der Waals surface area contributed by atoms with Gasteiger partial charge in [0.2, 0.25) is 0 Å². The summed E-state index contributed by atoms with van der Waals surface area (Å²) in [5.41, 5.74) is 3.27. The zero-order valence-corrected chi connectivity index (χ0v) is 6.43. The molecule has 0 fully saturated rings. The maximum atomic E-state index is 3.27. The second-order valence-corrected chi connectivity index (χ2v) is 2.41. The normalized spacial score (nSPS) is 15.9. The summed E-state index contributed by atoms with van der Waals surface area (Å²) in [7, 11) is 0. The number of rotatable bonds is 4. The van der Waals surface area contributed by atoms with Crippen molar-refractivity contribution in [3.8, 4) is 0 Å². The van der Waals surface area contributed by atoms with Crippen molar-refractivity contribution < 1.29 is 0 Å². The Hall–Kier alpha value is -0.700. The molecule has 0 saturated carbocycles. The highest BCUT2D eigenvalue weighted by molar-refractivity contribution is 4.84. The molecule has 58 valence electrons. The van der Waals surface area contributed by atoms with Crippen LogP contribution in [0.5, 0.6) is 0 Å². The van der Waals surface area contributed by atoms with Gasteiger partial charge in [0.05, 0.1) is 0 Å². The average molecular weight is 141 g/mol. The second-order valence-electron chi connectivity index (χ2n) is 2.41. The summed E-state index contributed by atoms with van der Waals surface area (Å²) in [5, 5.41) is 5.13. The van der Waals surface area contributed by atoms with Crippen molar-refractivity contribution in [2.75, 3.05) is 13.2 Å². The summed E-state index contributed by atoms with van der Waals surface area (Å²) in [5.74, 6) is 0. The molecule has 0 radical (unpaired) electrons. The fourth-order valence-corrected chi connectivity index (χ4v) is 0.854. The standard InChI is InChI=1S/C7H15N3/c1-2-3-4-9-10-6-5-8-7-10/h5-6,8-9H,2-4,7H2,1H3. The largest absolute Gasteiger partial charge is 0.371 e. The first-order valence-electron chi connectivity index (χ1n) is 3.83. The molecule has 0 aromatic carbocycles. The SMILES string of the molecule is CCCCNN1C=CNC1. The van der Waals surface area contributed by atoms with Crippen LogP contribution < -0.4 is 10.7 Å². The van der Waals surface area contributed by atoms with Crippen LogP contribution in [0.15, 0.2) is 12.4 Å². The van der Waals surface area contributed by atoms with E-state index in [2.05, 4.69) is 22.7 Å². The number of unbranched alkanes of at least 4 members (excludes halogenated alkanes) is 1. The maximum Gasteiger partial charge on any atom is 0.102 e. The number of hydrogen-bond donors (Lipinski definition) is 2. The van der Waals surface area contributed by atoms with Crippen molar-refractivity contribution in [2.24, 2.45) is 0 Å². The van der Waals surface area contributed by atoms with E-state index in [1.54, 1.807) is 0 Å². The molecule has 0 aromatic rings. The van der Waals surface area contributed by atoms with Gasteiger partial charge in [0.15, 0.2) is 0 Å². The zero-order chi connectivity index (χ0) is 7.23. The molecule has 1 rings (SSSR count). The molecular weight excluding hydrogens is 126 g/mol. The summed E-state index contributed by atoms with van der Waals surface area (Å²) in [6, 6.07) is 0. The van der Waals surface area contributed by atoms with Crippen LogP contribution in [-0.4, -0.2) is 18.2 Å². The summed E-state index contributed by atoms with van der Waals surface area (Å²) in [6.45, 7) is 4.16. The molecule has 0 bridgehead atoms. The van der Waals surface area contributed by atoms with Gasteiger partial charge in [-0.3, -0.25) is 5.01 Å². The lowest BCUT2D eigenvalue weighted by Gasteiger charge is -2.15. The van der Waals surface area contributed by atoms with Crippen molar-refractivity contribution >= 4 is 0 Å². The maximum absolute atomic E-state index is 3.27. The Morgan fingerprint density at radius 1 is 1.70 bits per heavy atom. The minimum atomic E-state index is 0.893. The van der Waals surface area contributed by atoms with Gasteiger partial charge in [0, 0.05) is 18.9 Å². The van der Waals surface area contributed by atoms with Gasteiger partial charge in [-0.1, -0.05) is 13.3 Å². The van der Waals surface area contributed by atoms with Crippen LogP contribution in [0.2, 0.25) is 0 Å². The van der Waals surface area contributed by atoms with E-state index in [1.807, 2.05) is 12.4 Å². The molecule has 0 unspecified atom stereocenters. The first-order chi connectivity index (χ1) is 4.93. The Labute approximate surface area is 62.1 Å². The minimum absolute atomic E-state index is 0.893. The molecule has 1 aliphatic heterocycles. The van der Waals surface area contributed by atoms with E-state index < -0.39 is 0 Å². The Morgan fingerprint density at radius 2 is 2.60 bits per heavy atom. The van der Waals surface area contributed by atoms with E-state index in [-0.39, 0.29) is 0 Å². The molecule has 10 heavy (non-hydrogen) atoms. The van der Waals surface area contributed by atoms with Crippen LogP contribution in [0.4, 0.5) is 0 Å². The van der Waals surface area contributed by atoms with Gasteiger partial charge in [0.25, 0.3) is 0 Å². The third-order valence-electron chi connectivity index (χ3n) is 1.48. The number of hydrazine groups is 1. The summed E-state index contributed by atoms with van der Waals surface area (Å²) in [4.78, 5) is 0. The van der Waals surface area contributed by atoms with Gasteiger partial charge < -0.3 is 5.32 Å². The third kappa shape index (κ3) is 2.27. The predicted octanol–water partition coefficient (Wildman–Crippen LogP) is 0.625. The molecule has 1 aliphatic rings. The fourth-order valence-electron chi connectivity index (χ4n) is 0.854. The van der Waals surface area contributed by atoms with E-state index in [0.29, 0.717) is 0 Å². The van der Waals surface area contributed by atoms with Gasteiger partial charge in [-0.2, -0.15) is 0 Å². The Balaban J connectivity index is 1.97. The molecule has 0 atom stereocenters. The Kier molecular flexibility index (Phi) is 3.09. The average Bonchev–Trinajstić information content (AvgIpc) is 2.41. The van der Waals surface area contributed by atoms with Crippen LogP contribution in [0, 0.1) is 0 Å². The molecule has 3 nitrogen and oxygen atoms in total. The molecule has 0 saturated heterocycles. The topological polar surface area (TPSA) is 27.3 Å². The Bertz CT molecular complexity index is 111. The Morgan fingerprint density at radius 3 is 3.20 bits per heavy atom. The minimum Gasteiger partial charge on any atom is -0.371 e. The van der Waals surface area contributed by atoms with Crippen molar-refractivity contribution in [3.63, 3.8) is 0 Å². The van der Waals surface area contributed by atoms with E-state index in [4.69, 9.17) is 0 Å². The van der Waals surface area contributed by atoms with Crippen molar-refractivity contribution in [2.45, 2.75) is 19.8 Å². The van der Waals surface area contributed by atoms with Crippen LogP contribution in [0.3, 0.4) is 0 Å². The van der Waals surface area contributed by atoms with Crippen molar-refractivity contribution in [1.82, 2.24) is 15.8 Å². The van der Waals surface area contributed by atoms with Gasteiger partial charge >= 0.3 is 0 Å². The van der Waals surface area contributed by atoms with Crippen LogP contribution in [-0.2, 0) is 0 Å². The zero-order valence-electron chi connectivity index (χ0n) is 6.43. The van der Waals surface area contributed by atoms with Gasteiger partial charge in [0.1, 0.15) is 6.67 Å². The number of hydrogen-bond acceptors (Lipinski definition) is 3. The molecule has 1 heterocycles. The van der Waals surface area contributed by atoms with E-state index in [1.165, 1.54) is 12.8 Å². The molecule has 0 aliphatic carbocycles. The molecule has 0 spiro atoms. The molecule has 3 heteroatoms. The lowest BCUT2D eigenvalue weighted by molar-refractivity contribution is 0.280. The quantitative estimate of drug-likeness (QED) is 0.562. The monoisotopic (exact) mass is 141 g/mol. The highest BCUT2D eigenvalue weighted by atomic mass is 15.5. The van der Waals surface area contributed by atoms with Gasteiger partial charge in [-0.15, -0.1) is 0 Å². The van der Waals surface area contributed by atoms with E-state index in [0.717, 1.165) is 13.2 Å². The lowest BCUT2D eigenvalue weighted by atomic mass is 10.3. The smallest absolute Gasteiger partial charge is 0.102 e. The second kappa shape index (κ2) is 4.17. The fraction of sp³-hybridized carbons (Fsp3) is 0.714. The predicted molar refractivity (Wildman–Crippen MR) is 41.9 cm³/mol. The highest BCUT2D eigenvalue weighted by Gasteiger charge is 1.99. The first-order valence-corrected chi connectivity index (χ1v) is 3.83. The number of nitrogens with one attached hydrogen (secondary N) is 2. The van der Waals surface area contributed by atoms with Crippen LogP contribution in [0.1, 0.15) is 19.8 Å². The molecule has 0 amide bonds. The number of nitrogens with zero attached hydrogens (tertiary/aromatic N) is 1. The summed E-state index contributed by atoms with van der Waals surface area (Å²) < 4.78 is 0. The summed E-state index contributed by atoms with van der Waals surface area (Å²) in [6.07, 6.45) is 6.44. The van der Waals surface area contributed by atoms with Gasteiger partial charge in [-0.25, -0.2) is 5.43 Å².